The molecular weight excluding hydrogens is 276 g/mol. The Balaban J connectivity index is 1.41. The predicted octanol–water partition coefficient (Wildman–Crippen LogP) is 2.16. The fourth-order valence-corrected chi connectivity index (χ4v) is 4.48. The van der Waals surface area contributed by atoms with Gasteiger partial charge in [0.05, 0.1) is 19.3 Å². The van der Waals surface area contributed by atoms with Crippen LogP contribution < -0.4 is 5.32 Å². The van der Waals surface area contributed by atoms with E-state index in [1.165, 1.54) is 38.5 Å². The zero-order valence-corrected chi connectivity index (χ0v) is 14.0. The van der Waals surface area contributed by atoms with E-state index in [-0.39, 0.29) is 6.10 Å². The van der Waals surface area contributed by atoms with Crippen LogP contribution in [-0.4, -0.2) is 61.0 Å². The fourth-order valence-electron chi connectivity index (χ4n) is 4.48. The number of rotatable bonds is 5. The van der Waals surface area contributed by atoms with Crippen molar-refractivity contribution in [1.82, 2.24) is 10.2 Å². The molecule has 2 heterocycles. The summed E-state index contributed by atoms with van der Waals surface area (Å²) in [6.45, 7) is 5.00. The summed E-state index contributed by atoms with van der Waals surface area (Å²) in [5.74, 6) is 0.919. The Bertz CT molecular complexity index is 314. The van der Waals surface area contributed by atoms with Crippen LogP contribution in [0.15, 0.2) is 0 Å². The molecule has 4 heteroatoms. The Morgan fingerprint density at radius 3 is 2.50 bits per heavy atom. The number of aliphatic hydroxyl groups excluding tert-OH is 1. The van der Waals surface area contributed by atoms with Crippen molar-refractivity contribution in [3.05, 3.63) is 0 Å². The molecule has 4 nitrogen and oxygen atoms in total. The highest BCUT2D eigenvalue weighted by molar-refractivity contribution is 4.89. The summed E-state index contributed by atoms with van der Waals surface area (Å²) in [5, 5.41) is 14.1. The van der Waals surface area contributed by atoms with E-state index in [1.54, 1.807) is 0 Å². The van der Waals surface area contributed by atoms with Crippen molar-refractivity contribution in [3.8, 4) is 0 Å². The fraction of sp³-hybridized carbons (Fsp3) is 1.00. The third kappa shape index (κ3) is 4.92. The van der Waals surface area contributed by atoms with Crippen molar-refractivity contribution in [2.75, 3.05) is 32.8 Å². The molecule has 0 aromatic rings. The lowest BCUT2D eigenvalue weighted by Crippen LogP contribution is -2.55. The molecule has 2 saturated heterocycles. The Hall–Kier alpha value is -0.160. The first kappa shape index (κ1) is 16.7. The van der Waals surface area contributed by atoms with E-state index in [1.807, 2.05) is 0 Å². The van der Waals surface area contributed by atoms with Gasteiger partial charge in [-0.3, -0.25) is 4.90 Å². The molecule has 3 rings (SSSR count). The molecule has 0 aromatic heterocycles. The topological polar surface area (TPSA) is 44.7 Å². The molecule has 3 fully saturated rings. The minimum atomic E-state index is -0.135. The zero-order valence-electron chi connectivity index (χ0n) is 14.0. The first-order valence-electron chi connectivity index (χ1n) is 9.55. The van der Waals surface area contributed by atoms with E-state index >= 15 is 0 Å². The van der Waals surface area contributed by atoms with Gasteiger partial charge in [-0.05, 0) is 31.6 Å². The molecular formula is C18H34N2O2. The molecule has 0 amide bonds. The average Bonchev–Trinajstić information content (AvgIpc) is 2.57. The third-order valence-electron chi connectivity index (χ3n) is 5.92. The number of aliphatic hydroxyl groups is 1. The Kier molecular flexibility index (Phi) is 6.54. The number of nitrogens with one attached hydrogen (secondary N) is 1. The van der Waals surface area contributed by atoms with Crippen molar-refractivity contribution in [2.24, 2.45) is 5.92 Å². The second kappa shape index (κ2) is 8.62. The van der Waals surface area contributed by atoms with E-state index in [9.17, 15) is 5.11 Å². The van der Waals surface area contributed by atoms with Gasteiger partial charge in [-0.25, -0.2) is 0 Å². The van der Waals surface area contributed by atoms with Gasteiger partial charge in [0, 0.05) is 31.7 Å². The molecule has 22 heavy (non-hydrogen) atoms. The van der Waals surface area contributed by atoms with Crippen LogP contribution in [0.4, 0.5) is 0 Å². The molecule has 128 valence electrons. The van der Waals surface area contributed by atoms with Crippen LogP contribution in [0.2, 0.25) is 0 Å². The van der Waals surface area contributed by atoms with Crippen molar-refractivity contribution in [3.63, 3.8) is 0 Å². The molecule has 3 unspecified atom stereocenters. The molecule has 0 spiro atoms. The number of piperidine rings is 1. The minimum absolute atomic E-state index is 0.135. The van der Waals surface area contributed by atoms with Gasteiger partial charge in [-0.15, -0.1) is 0 Å². The van der Waals surface area contributed by atoms with Gasteiger partial charge in [-0.2, -0.15) is 0 Å². The molecule has 3 aliphatic rings. The van der Waals surface area contributed by atoms with Crippen LogP contribution in [-0.2, 0) is 4.74 Å². The maximum atomic E-state index is 10.3. The highest BCUT2D eigenvalue weighted by Crippen LogP contribution is 2.29. The molecule has 0 bridgehead atoms. The third-order valence-corrected chi connectivity index (χ3v) is 5.92. The smallest absolute Gasteiger partial charge is 0.0693 e. The highest BCUT2D eigenvalue weighted by Gasteiger charge is 2.30. The molecule has 0 radical (unpaired) electrons. The maximum absolute atomic E-state index is 10.3. The molecule has 1 aliphatic carbocycles. The number of hydrogen-bond donors (Lipinski definition) is 2. The van der Waals surface area contributed by atoms with Crippen LogP contribution in [0.5, 0.6) is 0 Å². The first-order chi connectivity index (χ1) is 10.8. The van der Waals surface area contributed by atoms with Crippen molar-refractivity contribution < 1.29 is 9.84 Å². The molecule has 1 saturated carbocycles. The van der Waals surface area contributed by atoms with Crippen molar-refractivity contribution in [1.29, 1.82) is 0 Å². The predicted molar refractivity (Wildman–Crippen MR) is 89.0 cm³/mol. The summed E-state index contributed by atoms with van der Waals surface area (Å²) in [6.07, 6.45) is 11.5. The number of morpholine rings is 1. The number of nitrogens with zero attached hydrogens (tertiary/aromatic N) is 1. The summed E-state index contributed by atoms with van der Waals surface area (Å²) in [4.78, 5) is 2.51. The van der Waals surface area contributed by atoms with Crippen LogP contribution in [0, 0.1) is 5.92 Å². The highest BCUT2D eigenvalue weighted by atomic mass is 16.5. The first-order valence-corrected chi connectivity index (χ1v) is 9.55. The van der Waals surface area contributed by atoms with Crippen LogP contribution in [0.3, 0.4) is 0 Å². The molecule has 3 atom stereocenters. The van der Waals surface area contributed by atoms with Gasteiger partial charge in [-0.1, -0.05) is 32.1 Å². The largest absolute Gasteiger partial charge is 0.392 e. The monoisotopic (exact) mass is 310 g/mol. The normalized spacial score (nSPS) is 35.6. The Labute approximate surface area is 135 Å². The van der Waals surface area contributed by atoms with Crippen molar-refractivity contribution in [2.45, 2.75) is 76.0 Å². The molecule has 2 aliphatic heterocycles. The SMILES string of the molecule is OC1CCC(CN2CCOCC2)NC1CCC1CCCCC1. The summed E-state index contributed by atoms with van der Waals surface area (Å²) in [5.41, 5.74) is 0. The molecule has 2 N–H and O–H groups in total. The van der Waals surface area contributed by atoms with Gasteiger partial charge in [0.15, 0.2) is 0 Å². The van der Waals surface area contributed by atoms with E-state index in [0.29, 0.717) is 12.1 Å². The summed E-state index contributed by atoms with van der Waals surface area (Å²) in [6, 6.07) is 0.875. The summed E-state index contributed by atoms with van der Waals surface area (Å²) >= 11 is 0. The maximum Gasteiger partial charge on any atom is 0.0693 e. The van der Waals surface area contributed by atoms with E-state index < -0.39 is 0 Å². The lowest BCUT2D eigenvalue weighted by atomic mass is 9.83. The van der Waals surface area contributed by atoms with Gasteiger partial charge >= 0.3 is 0 Å². The van der Waals surface area contributed by atoms with E-state index in [0.717, 1.165) is 58.0 Å². The van der Waals surface area contributed by atoms with Gasteiger partial charge in [0.1, 0.15) is 0 Å². The second-order valence-corrected chi connectivity index (χ2v) is 7.61. The van der Waals surface area contributed by atoms with Crippen molar-refractivity contribution >= 4 is 0 Å². The number of ether oxygens (including phenoxy) is 1. The quantitative estimate of drug-likeness (QED) is 0.817. The second-order valence-electron chi connectivity index (χ2n) is 7.61. The minimum Gasteiger partial charge on any atom is -0.392 e. The number of hydrogen-bond acceptors (Lipinski definition) is 4. The van der Waals surface area contributed by atoms with E-state index in [4.69, 9.17) is 4.74 Å². The summed E-state index contributed by atoms with van der Waals surface area (Å²) in [7, 11) is 0. The van der Waals surface area contributed by atoms with Gasteiger partial charge in [0.2, 0.25) is 0 Å². The standard InChI is InChI=1S/C18H34N2O2/c21-18-9-7-16(14-20-10-12-22-13-11-20)19-17(18)8-6-15-4-2-1-3-5-15/h15-19,21H,1-14H2. The van der Waals surface area contributed by atoms with Crippen LogP contribution in [0.1, 0.15) is 57.8 Å². The van der Waals surface area contributed by atoms with Crippen LogP contribution in [0.25, 0.3) is 0 Å². The Morgan fingerprint density at radius 2 is 1.73 bits per heavy atom. The van der Waals surface area contributed by atoms with E-state index in [2.05, 4.69) is 10.2 Å². The van der Waals surface area contributed by atoms with Gasteiger partial charge < -0.3 is 15.2 Å². The lowest BCUT2D eigenvalue weighted by Gasteiger charge is -2.39. The zero-order chi connectivity index (χ0) is 15.2. The lowest BCUT2D eigenvalue weighted by molar-refractivity contribution is 0.0202. The summed E-state index contributed by atoms with van der Waals surface area (Å²) < 4.78 is 5.43. The molecule has 0 aromatic carbocycles. The van der Waals surface area contributed by atoms with Gasteiger partial charge in [0.25, 0.3) is 0 Å². The Morgan fingerprint density at radius 1 is 0.955 bits per heavy atom. The van der Waals surface area contributed by atoms with Crippen LogP contribution >= 0.6 is 0 Å². The average molecular weight is 310 g/mol.